The highest BCUT2D eigenvalue weighted by Gasteiger charge is 2.29. The van der Waals surface area contributed by atoms with Gasteiger partial charge in [-0.3, -0.25) is 0 Å². The van der Waals surface area contributed by atoms with E-state index in [0.29, 0.717) is 0 Å². The summed E-state index contributed by atoms with van der Waals surface area (Å²) < 4.78 is 0. The predicted octanol–water partition coefficient (Wildman–Crippen LogP) is 8.07. The average molecular weight is 550 g/mol. The maximum absolute atomic E-state index is 3.96. The third-order valence-corrected chi connectivity index (χ3v) is 11.2. The van der Waals surface area contributed by atoms with Crippen molar-refractivity contribution in [3.05, 3.63) is 134 Å². The van der Waals surface area contributed by atoms with E-state index in [1.807, 2.05) is 0 Å². The van der Waals surface area contributed by atoms with Crippen molar-refractivity contribution in [2.75, 3.05) is 0 Å². The van der Waals surface area contributed by atoms with Crippen molar-refractivity contribution in [2.45, 2.75) is 72.6 Å². The summed E-state index contributed by atoms with van der Waals surface area (Å²) in [6.45, 7) is 18.5. The second-order valence-electron chi connectivity index (χ2n) is 13.9. The Kier molecular flexibility index (Phi) is 6.78. The van der Waals surface area contributed by atoms with Crippen LogP contribution in [-0.2, 0) is 10.8 Å². The monoisotopic (exact) mass is 549 g/mol. The molecule has 205 valence electrons. The second-order valence-corrected chi connectivity index (χ2v) is 16.4. The molecular formula is C40H41Si. The minimum Gasteiger partial charge on any atom is -0.0801 e. The molecule has 4 aromatic rings. The van der Waals surface area contributed by atoms with Crippen LogP contribution in [0, 0.1) is 18.7 Å². The molecule has 2 aliphatic carbocycles. The lowest BCUT2D eigenvalue weighted by Gasteiger charge is -2.27. The fraction of sp³-hybridized carbons (Fsp3) is 0.275. The summed E-state index contributed by atoms with van der Waals surface area (Å²) in [6, 6.07) is 28.1. The van der Waals surface area contributed by atoms with Crippen molar-refractivity contribution in [3.8, 4) is 11.1 Å². The van der Waals surface area contributed by atoms with Gasteiger partial charge < -0.3 is 0 Å². The fourth-order valence-electron chi connectivity index (χ4n) is 6.52. The molecule has 0 aromatic heterocycles. The number of hydrogen-bond acceptors (Lipinski definition) is 0. The topological polar surface area (TPSA) is 0 Å². The number of fused-ring (bicyclic) bond motifs is 3. The number of allylic oxidation sites excluding steroid dienone is 4. The fourth-order valence-corrected chi connectivity index (χ4v) is 9.78. The van der Waals surface area contributed by atoms with Gasteiger partial charge in [-0.25, -0.2) is 0 Å². The van der Waals surface area contributed by atoms with E-state index >= 15 is 0 Å². The quantitative estimate of drug-likeness (QED) is 0.200. The number of benzene rings is 4. The normalized spacial score (nSPS) is 14.0. The first-order chi connectivity index (χ1) is 19.4. The van der Waals surface area contributed by atoms with Crippen LogP contribution in [0.3, 0.4) is 0 Å². The lowest BCUT2D eigenvalue weighted by atomic mass is 9.79. The van der Waals surface area contributed by atoms with Crippen LogP contribution < -0.4 is 15.6 Å². The molecule has 0 saturated carbocycles. The van der Waals surface area contributed by atoms with Crippen molar-refractivity contribution >= 4 is 30.4 Å². The van der Waals surface area contributed by atoms with Crippen molar-refractivity contribution in [1.82, 2.24) is 0 Å². The first-order valence-corrected chi connectivity index (χ1v) is 16.4. The van der Waals surface area contributed by atoms with Gasteiger partial charge in [0.1, 0.15) is 0 Å². The van der Waals surface area contributed by atoms with E-state index in [1.54, 1.807) is 0 Å². The molecular weight excluding hydrogens is 509 g/mol. The molecule has 0 N–H and O–H groups in total. The van der Waals surface area contributed by atoms with Crippen molar-refractivity contribution in [2.24, 2.45) is 0 Å². The van der Waals surface area contributed by atoms with E-state index in [2.05, 4.69) is 152 Å². The van der Waals surface area contributed by atoms with Crippen LogP contribution in [0.1, 0.15) is 81.3 Å². The van der Waals surface area contributed by atoms with E-state index < -0.39 is 8.41 Å². The van der Waals surface area contributed by atoms with Crippen LogP contribution in [0.2, 0.25) is 0 Å². The highest BCUT2D eigenvalue weighted by molar-refractivity contribution is 6.78. The molecule has 0 atom stereocenters. The standard InChI is InChI=1S/C40H41Si/c1-26-13-11-17-31(21-26)41(32-18-12-14-27(2)22-32)36-25-34-33-20-19-30(39(3,4)5)23-29(33)24-35(34)37(28-15-9-10-16-28)38(36)40(6,7)8/h9-15,17-23,25H,16H2,1-8H3. The summed E-state index contributed by atoms with van der Waals surface area (Å²) in [5.74, 6) is 0. The van der Waals surface area contributed by atoms with E-state index in [1.165, 1.54) is 70.5 Å². The molecule has 41 heavy (non-hydrogen) atoms. The van der Waals surface area contributed by atoms with Gasteiger partial charge in [0.15, 0.2) is 0 Å². The zero-order valence-corrected chi connectivity index (χ0v) is 26.9. The largest absolute Gasteiger partial charge is 0.0881 e. The molecule has 4 aromatic carbocycles. The molecule has 0 saturated heterocycles. The third-order valence-electron chi connectivity index (χ3n) is 8.49. The lowest BCUT2D eigenvalue weighted by Crippen LogP contribution is -2.37. The molecule has 0 spiro atoms. The highest BCUT2D eigenvalue weighted by atomic mass is 28.2. The molecule has 0 nitrogen and oxygen atoms in total. The summed E-state index contributed by atoms with van der Waals surface area (Å²) in [4.78, 5) is 1.51. The minimum atomic E-state index is -1.31. The Hall–Kier alpha value is -3.55. The van der Waals surface area contributed by atoms with Gasteiger partial charge in [-0.2, -0.15) is 0 Å². The van der Waals surface area contributed by atoms with Gasteiger partial charge in [0, 0.05) is 0 Å². The maximum Gasteiger partial charge on any atom is 0.0881 e. The summed E-state index contributed by atoms with van der Waals surface area (Å²) in [7, 11) is -1.31. The van der Waals surface area contributed by atoms with E-state index in [-0.39, 0.29) is 10.8 Å². The van der Waals surface area contributed by atoms with Crippen LogP contribution in [0.25, 0.3) is 22.8 Å². The number of rotatable bonds is 3. The molecule has 0 amide bonds. The molecule has 0 heterocycles. The van der Waals surface area contributed by atoms with Crippen molar-refractivity contribution in [3.63, 3.8) is 0 Å². The zero-order chi connectivity index (χ0) is 29.1. The van der Waals surface area contributed by atoms with E-state index in [0.717, 1.165) is 6.42 Å². The molecule has 1 heteroatoms. The summed E-state index contributed by atoms with van der Waals surface area (Å²) in [5.41, 5.74) is 12.3. The van der Waals surface area contributed by atoms with Gasteiger partial charge in [-0.1, -0.05) is 138 Å². The molecule has 2 aliphatic rings. The van der Waals surface area contributed by atoms with Gasteiger partial charge in [-0.05, 0) is 103 Å². The molecule has 0 aliphatic heterocycles. The molecule has 0 fully saturated rings. The zero-order valence-electron chi connectivity index (χ0n) is 25.9. The average Bonchev–Trinajstić information content (AvgIpc) is 3.55. The Labute approximate surface area is 248 Å². The molecule has 1 radical (unpaired) electrons. The third kappa shape index (κ3) is 5.06. The minimum absolute atomic E-state index is 0.0419. The summed E-state index contributed by atoms with van der Waals surface area (Å²) in [5, 5.41) is 4.18. The van der Waals surface area contributed by atoms with Crippen molar-refractivity contribution in [1.29, 1.82) is 0 Å². The van der Waals surface area contributed by atoms with Gasteiger partial charge in [-0.15, -0.1) is 0 Å². The first-order valence-electron chi connectivity index (χ1n) is 14.9. The van der Waals surface area contributed by atoms with Crippen LogP contribution >= 0.6 is 0 Å². The molecule has 6 rings (SSSR count). The predicted molar refractivity (Wildman–Crippen MR) is 179 cm³/mol. The molecule has 0 bridgehead atoms. The maximum atomic E-state index is 3.96. The smallest absolute Gasteiger partial charge is 0.0801 e. The SMILES string of the molecule is Cc1cccc([Si](c2cccc(C)c2)=c2cc3c(c(C4=CC=CC4)c2C(C)(C)C)=[C]c2cc(C(C)(C)C)ccc2-3)c1. The Bertz CT molecular complexity index is 1830. The lowest BCUT2D eigenvalue weighted by molar-refractivity contribution is 0.585. The second kappa shape index (κ2) is 10.1. The summed E-state index contributed by atoms with van der Waals surface area (Å²) >= 11 is 0. The van der Waals surface area contributed by atoms with Gasteiger partial charge in [0.25, 0.3) is 0 Å². The molecule has 0 unspecified atom stereocenters. The van der Waals surface area contributed by atoms with Gasteiger partial charge in [0.05, 0.1) is 8.41 Å². The van der Waals surface area contributed by atoms with Crippen LogP contribution in [0.15, 0.2) is 91.0 Å². The Morgan fingerprint density at radius 3 is 1.90 bits per heavy atom. The van der Waals surface area contributed by atoms with E-state index in [9.17, 15) is 0 Å². The number of aryl methyl sites for hydroxylation is 2. The van der Waals surface area contributed by atoms with Crippen LogP contribution in [-0.4, -0.2) is 8.41 Å². The van der Waals surface area contributed by atoms with Gasteiger partial charge in [0.2, 0.25) is 0 Å². The first kappa shape index (κ1) is 27.6. The number of hydrogen-bond donors (Lipinski definition) is 0. The highest BCUT2D eigenvalue weighted by Crippen LogP contribution is 2.38. The van der Waals surface area contributed by atoms with Gasteiger partial charge >= 0.3 is 0 Å². The van der Waals surface area contributed by atoms with Crippen LogP contribution in [0.5, 0.6) is 0 Å². The Morgan fingerprint density at radius 1 is 0.707 bits per heavy atom. The van der Waals surface area contributed by atoms with Crippen LogP contribution in [0.4, 0.5) is 0 Å². The Morgan fingerprint density at radius 2 is 1.37 bits per heavy atom. The van der Waals surface area contributed by atoms with E-state index in [4.69, 9.17) is 0 Å². The van der Waals surface area contributed by atoms with Crippen molar-refractivity contribution < 1.29 is 0 Å². The summed E-state index contributed by atoms with van der Waals surface area (Å²) in [6.07, 6.45) is 11.8. The Balaban J connectivity index is 1.84.